The van der Waals surface area contributed by atoms with Crippen LogP contribution in [-0.4, -0.2) is 35.1 Å². The monoisotopic (exact) mass is 290 g/mol. The van der Waals surface area contributed by atoms with E-state index in [1.807, 2.05) is 32.0 Å². The molecule has 1 aromatic carbocycles. The van der Waals surface area contributed by atoms with E-state index < -0.39 is 11.4 Å². The van der Waals surface area contributed by atoms with E-state index in [9.17, 15) is 14.7 Å². The predicted molar refractivity (Wildman–Crippen MR) is 81.5 cm³/mol. The number of anilines is 1. The molecule has 0 spiro atoms. The van der Waals surface area contributed by atoms with Gasteiger partial charge in [-0.25, -0.2) is 4.79 Å². The van der Waals surface area contributed by atoms with E-state index in [4.69, 9.17) is 0 Å². The highest BCUT2D eigenvalue weighted by Gasteiger charge is 2.39. The highest BCUT2D eigenvalue weighted by Crippen LogP contribution is 2.30. The third kappa shape index (κ3) is 3.54. The largest absolute Gasteiger partial charge is 0.481 e. The number of rotatable bonds is 2. The molecule has 1 unspecified atom stereocenters. The number of aliphatic carboxylic acids is 1. The maximum atomic E-state index is 12.3. The quantitative estimate of drug-likeness (QED) is 0.879. The number of nitrogens with one attached hydrogen (secondary N) is 1. The average molecular weight is 290 g/mol. The van der Waals surface area contributed by atoms with Gasteiger partial charge >= 0.3 is 12.0 Å². The molecule has 114 valence electrons. The van der Waals surface area contributed by atoms with Crippen LogP contribution in [0.5, 0.6) is 0 Å². The lowest BCUT2D eigenvalue weighted by atomic mass is 9.82. The highest BCUT2D eigenvalue weighted by atomic mass is 16.4. The molecular weight excluding hydrogens is 268 g/mol. The number of benzene rings is 1. The molecule has 21 heavy (non-hydrogen) atoms. The van der Waals surface area contributed by atoms with Gasteiger partial charge in [-0.1, -0.05) is 6.07 Å². The van der Waals surface area contributed by atoms with Crippen LogP contribution in [0.25, 0.3) is 0 Å². The summed E-state index contributed by atoms with van der Waals surface area (Å²) in [5, 5.41) is 12.2. The number of hydrogen-bond donors (Lipinski definition) is 2. The van der Waals surface area contributed by atoms with Gasteiger partial charge in [-0.15, -0.1) is 0 Å². The molecule has 2 N–H and O–H groups in total. The van der Waals surface area contributed by atoms with Gasteiger partial charge < -0.3 is 15.3 Å². The first-order chi connectivity index (χ1) is 9.80. The molecule has 1 atom stereocenters. The number of likely N-dealkylation sites (tertiary alicyclic amines) is 1. The lowest BCUT2D eigenvalue weighted by molar-refractivity contribution is -0.150. The molecule has 2 rings (SSSR count). The number of urea groups is 1. The Labute approximate surface area is 125 Å². The second-order valence-corrected chi connectivity index (χ2v) is 6.20. The fourth-order valence-corrected chi connectivity index (χ4v) is 2.84. The average Bonchev–Trinajstić information content (AvgIpc) is 2.37. The SMILES string of the molecule is Cc1cc(C)cc(NC(=O)N2CCCC(C)(C(=O)O)C2)c1. The van der Waals surface area contributed by atoms with E-state index in [2.05, 4.69) is 5.32 Å². The van der Waals surface area contributed by atoms with Crippen molar-refractivity contribution in [3.05, 3.63) is 29.3 Å². The number of aryl methyl sites for hydroxylation is 2. The van der Waals surface area contributed by atoms with Gasteiger partial charge in [-0.3, -0.25) is 4.79 Å². The molecule has 1 saturated heterocycles. The van der Waals surface area contributed by atoms with Crippen LogP contribution >= 0.6 is 0 Å². The number of carbonyl (C=O) groups is 2. The standard InChI is InChI=1S/C16H22N2O3/c1-11-7-12(2)9-13(8-11)17-15(21)18-6-4-5-16(3,10-18)14(19)20/h7-9H,4-6,10H2,1-3H3,(H,17,21)(H,19,20). The zero-order chi connectivity index (χ0) is 15.6. The Morgan fingerprint density at radius 2 is 1.86 bits per heavy atom. The van der Waals surface area contributed by atoms with Gasteiger partial charge in [-0.2, -0.15) is 0 Å². The molecule has 0 radical (unpaired) electrons. The van der Waals surface area contributed by atoms with Crippen LogP contribution in [0.15, 0.2) is 18.2 Å². The molecule has 2 amide bonds. The number of piperidine rings is 1. The van der Waals surface area contributed by atoms with Crippen molar-refractivity contribution in [1.82, 2.24) is 4.90 Å². The van der Waals surface area contributed by atoms with Crippen molar-refractivity contribution in [3.63, 3.8) is 0 Å². The van der Waals surface area contributed by atoms with E-state index in [-0.39, 0.29) is 12.6 Å². The molecule has 0 aliphatic carbocycles. The molecule has 1 fully saturated rings. The summed E-state index contributed by atoms with van der Waals surface area (Å²) in [4.78, 5) is 25.2. The topological polar surface area (TPSA) is 69.6 Å². The fraction of sp³-hybridized carbons (Fsp3) is 0.500. The molecule has 1 aliphatic heterocycles. The summed E-state index contributed by atoms with van der Waals surface area (Å²) >= 11 is 0. The van der Waals surface area contributed by atoms with Crippen molar-refractivity contribution < 1.29 is 14.7 Å². The molecule has 0 saturated carbocycles. The number of carboxylic acids is 1. The Morgan fingerprint density at radius 1 is 1.24 bits per heavy atom. The van der Waals surface area contributed by atoms with Gasteiger partial charge in [0.05, 0.1) is 5.41 Å². The van der Waals surface area contributed by atoms with Crippen molar-refractivity contribution in [3.8, 4) is 0 Å². The molecule has 1 heterocycles. The number of carbonyl (C=O) groups excluding carboxylic acids is 1. The summed E-state index contributed by atoms with van der Waals surface area (Å²) in [5.41, 5.74) is 2.07. The van der Waals surface area contributed by atoms with E-state index in [1.165, 1.54) is 0 Å². The van der Waals surface area contributed by atoms with Gasteiger partial charge in [0.15, 0.2) is 0 Å². The highest BCUT2D eigenvalue weighted by molar-refractivity contribution is 5.90. The predicted octanol–water partition coefficient (Wildman–Crippen LogP) is 3.02. The third-order valence-electron chi connectivity index (χ3n) is 3.97. The summed E-state index contributed by atoms with van der Waals surface area (Å²) in [5.74, 6) is -0.841. The van der Waals surface area contributed by atoms with Crippen LogP contribution in [-0.2, 0) is 4.79 Å². The zero-order valence-electron chi connectivity index (χ0n) is 12.8. The van der Waals surface area contributed by atoms with Crippen LogP contribution in [0.4, 0.5) is 10.5 Å². The van der Waals surface area contributed by atoms with Gasteiger partial charge in [0.1, 0.15) is 0 Å². The molecule has 1 aliphatic rings. The van der Waals surface area contributed by atoms with E-state index in [0.29, 0.717) is 19.4 Å². The van der Waals surface area contributed by atoms with Gasteiger partial charge in [0, 0.05) is 18.8 Å². The maximum Gasteiger partial charge on any atom is 0.321 e. The summed E-state index contributed by atoms with van der Waals surface area (Å²) in [6.45, 7) is 6.50. The zero-order valence-corrected chi connectivity index (χ0v) is 12.8. The van der Waals surface area contributed by atoms with Crippen LogP contribution < -0.4 is 5.32 Å². The fourth-order valence-electron chi connectivity index (χ4n) is 2.84. The lowest BCUT2D eigenvalue weighted by Crippen LogP contribution is -2.49. The number of carboxylic acid groups (broad SMARTS) is 1. The molecule has 5 nitrogen and oxygen atoms in total. The molecule has 1 aromatic rings. The summed E-state index contributed by atoms with van der Waals surface area (Å²) in [6, 6.07) is 5.63. The van der Waals surface area contributed by atoms with E-state index in [0.717, 1.165) is 16.8 Å². The Morgan fingerprint density at radius 3 is 2.43 bits per heavy atom. The molecule has 0 aromatic heterocycles. The normalized spacial score (nSPS) is 22.0. The van der Waals surface area contributed by atoms with Crippen LogP contribution in [0, 0.1) is 19.3 Å². The van der Waals surface area contributed by atoms with E-state index in [1.54, 1.807) is 11.8 Å². The first-order valence-electron chi connectivity index (χ1n) is 7.18. The Bertz CT molecular complexity index is 550. The van der Waals surface area contributed by atoms with E-state index >= 15 is 0 Å². The van der Waals surface area contributed by atoms with Gasteiger partial charge in [0.2, 0.25) is 0 Å². The summed E-state index contributed by atoms with van der Waals surface area (Å²) in [6.07, 6.45) is 1.32. The minimum absolute atomic E-state index is 0.229. The minimum atomic E-state index is -0.849. The van der Waals surface area contributed by atoms with Crippen LogP contribution in [0.2, 0.25) is 0 Å². The van der Waals surface area contributed by atoms with Crippen molar-refractivity contribution in [2.45, 2.75) is 33.6 Å². The molecular formula is C16H22N2O3. The van der Waals surface area contributed by atoms with Crippen molar-refractivity contribution >= 4 is 17.7 Å². The number of hydrogen-bond acceptors (Lipinski definition) is 2. The Hall–Kier alpha value is -2.04. The third-order valence-corrected chi connectivity index (χ3v) is 3.97. The Balaban J connectivity index is 2.08. The Kier molecular flexibility index (Phi) is 4.21. The summed E-state index contributed by atoms with van der Waals surface area (Å²) < 4.78 is 0. The molecule has 0 bridgehead atoms. The second-order valence-electron chi connectivity index (χ2n) is 6.20. The number of amides is 2. The van der Waals surface area contributed by atoms with Crippen molar-refractivity contribution in [2.24, 2.45) is 5.41 Å². The van der Waals surface area contributed by atoms with Crippen molar-refractivity contribution in [2.75, 3.05) is 18.4 Å². The smallest absolute Gasteiger partial charge is 0.321 e. The van der Waals surface area contributed by atoms with Crippen LogP contribution in [0.1, 0.15) is 30.9 Å². The molecule has 5 heteroatoms. The second kappa shape index (κ2) is 5.76. The van der Waals surface area contributed by atoms with Crippen molar-refractivity contribution in [1.29, 1.82) is 0 Å². The number of nitrogens with zero attached hydrogens (tertiary/aromatic N) is 1. The first kappa shape index (κ1) is 15.4. The van der Waals surface area contributed by atoms with Gasteiger partial charge in [-0.05, 0) is 56.9 Å². The first-order valence-corrected chi connectivity index (χ1v) is 7.18. The summed E-state index contributed by atoms with van der Waals surface area (Å²) in [7, 11) is 0. The minimum Gasteiger partial charge on any atom is -0.481 e. The maximum absolute atomic E-state index is 12.3. The lowest BCUT2D eigenvalue weighted by Gasteiger charge is -2.37. The van der Waals surface area contributed by atoms with Crippen LogP contribution in [0.3, 0.4) is 0 Å². The van der Waals surface area contributed by atoms with Gasteiger partial charge in [0.25, 0.3) is 0 Å².